The largest absolute Gasteiger partial charge is 0.508 e. The summed E-state index contributed by atoms with van der Waals surface area (Å²) in [5.41, 5.74) is 1.20. The molecule has 1 fully saturated rings. The van der Waals surface area contributed by atoms with Crippen LogP contribution in [0.2, 0.25) is 0 Å². The molecule has 1 heterocycles. The number of phenolic OH excluding ortho intramolecular Hbond substituents is 1. The summed E-state index contributed by atoms with van der Waals surface area (Å²) in [5, 5.41) is 11.8. The number of anilines is 1. The van der Waals surface area contributed by atoms with Gasteiger partial charge >= 0.3 is 6.03 Å². The molecule has 0 radical (unpaired) electrons. The van der Waals surface area contributed by atoms with Crippen LogP contribution in [0.25, 0.3) is 0 Å². The molecule has 1 aliphatic heterocycles. The first-order valence-corrected chi connectivity index (χ1v) is 6.15. The van der Waals surface area contributed by atoms with Crippen LogP contribution in [-0.4, -0.2) is 17.0 Å². The predicted octanol–water partition coefficient (Wildman–Crippen LogP) is 2.19. The van der Waals surface area contributed by atoms with E-state index in [1.807, 2.05) is 18.2 Å². The van der Waals surface area contributed by atoms with Crippen LogP contribution >= 0.6 is 0 Å². The van der Waals surface area contributed by atoms with Gasteiger partial charge in [-0.1, -0.05) is 36.4 Å². The van der Waals surface area contributed by atoms with Gasteiger partial charge in [-0.2, -0.15) is 0 Å². The maximum Gasteiger partial charge on any atom is 0.329 e. The van der Waals surface area contributed by atoms with E-state index in [1.54, 1.807) is 24.3 Å². The second-order valence-corrected chi connectivity index (χ2v) is 4.50. The van der Waals surface area contributed by atoms with Gasteiger partial charge in [0.1, 0.15) is 11.8 Å². The zero-order valence-electron chi connectivity index (χ0n) is 10.5. The standard InChI is InChI=1S/C15H12N2O3/c18-12-8-4-7-11(9-12)17-13(14(19)16-15(17)20)10-5-2-1-3-6-10/h1-9,13,18H,(H,16,19,20). The number of rotatable bonds is 2. The quantitative estimate of drug-likeness (QED) is 0.820. The van der Waals surface area contributed by atoms with Crippen LogP contribution in [0.1, 0.15) is 11.6 Å². The molecule has 3 amide bonds. The molecule has 1 saturated heterocycles. The Hall–Kier alpha value is -2.82. The van der Waals surface area contributed by atoms with E-state index in [0.29, 0.717) is 5.69 Å². The van der Waals surface area contributed by atoms with Crippen molar-refractivity contribution < 1.29 is 14.7 Å². The maximum absolute atomic E-state index is 12.0. The first kappa shape index (κ1) is 12.2. The Labute approximate surface area is 115 Å². The number of urea groups is 1. The lowest BCUT2D eigenvalue weighted by Crippen LogP contribution is -2.29. The summed E-state index contributed by atoms with van der Waals surface area (Å²) < 4.78 is 0. The van der Waals surface area contributed by atoms with Crippen molar-refractivity contribution >= 4 is 17.6 Å². The highest BCUT2D eigenvalue weighted by molar-refractivity contribution is 6.14. The molecule has 3 rings (SSSR count). The molecule has 2 N–H and O–H groups in total. The minimum Gasteiger partial charge on any atom is -0.508 e. The highest BCUT2D eigenvalue weighted by Crippen LogP contribution is 2.32. The Kier molecular flexibility index (Phi) is 2.87. The van der Waals surface area contributed by atoms with Gasteiger partial charge in [0.15, 0.2) is 0 Å². The molecule has 5 heteroatoms. The number of imide groups is 1. The van der Waals surface area contributed by atoms with E-state index in [4.69, 9.17) is 0 Å². The second-order valence-electron chi connectivity index (χ2n) is 4.50. The second kappa shape index (κ2) is 4.70. The van der Waals surface area contributed by atoms with Crippen LogP contribution in [0.4, 0.5) is 10.5 Å². The monoisotopic (exact) mass is 268 g/mol. The fourth-order valence-electron chi connectivity index (χ4n) is 2.31. The van der Waals surface area contributed by atoms with Gasteiger partial charge in [0.25, 0.3) is 5.91 Å². The highest BCUT2D eigenvalue weighted by Gasteiger charge is 2.40. The summed E-state index contributed by atoms with van der Waals surface area (Å²) in [4.78, 5) is 25.4. The first-order valence-electron chi connectivity index (χ1n) is 6.15. The Morgan fingerprint density at radius 2 is 1.75 bits per heavy atom. The van der Waals surface area contributed by atoms with Crippen LogP contribution in [0, 0.1) is 0 Å². The van der Waals surface area contributed by atoms with Gasteiger partial charge in [0, 0.05) is 6.07 Å². The lowest BCUT2D eigenvalue weighted by Gasteiger charge is -2.22. The summed E-state index contributed by atoms with van der Waals surface area (Å²) >= 11 is 0. The number of phenols is 1. The molecule has 0 aliphatic carbocycles. The molecular weight excluding hydrogens is 256 g/mol. The Morgan fingerprint density at radius 1 is 1.00 bits per heavy atom. The van der Waals surface area contributed by atoms with E-state index in [9.17, 15) is 14.7 Å². The number of amides is 3. The number of hydrogen-bond donors (Lipinski definition) is 2. The molecule has 2 aromatic carbocycles. The zero-order valence-corrected chi connectivity index (χ0v) is 10.5. The molecule has 1 unspecified atom stereocenters. The molecule has 0 spiro atoms. The SMILES string of the molecule is O=C1NC(=O)N(c2cccc(O)c2)C1c1ccccc1. The highest BCUT2D eigenvalue weighted by atomic mass is 16.3. The van der Waals surface area contributed by atoms with E-state index >= 15 is 0 Å². The summed E-state index contributed by atoms with van der Waals surface area (Å²) in [6.07, 6.45) is 0. The number of carbonyl (C=O) groups excluding carboxylic acids is 2. The van der Waals surface area contributed by atoms with E-state index in [0.717, 1.165) is 5.56 Å². The van der Waals surface area contributed by atoms with Gasteiger partial charge < -0.3 is 5.11 Å². The molecule has 2 aromatic rings. The van der Waals surface area contributed by atoms with Crippen LogP contribution in [0.5, 0.6) is 5.75 Å². The minimum absolute atomic E-state index is 0.0430. The molecule has 100 valence electrons. The van der Waals surface area contributed by atoms with Crippen molar-refractivity contribution in [3.63, 3.8) is 0 Å². The third kappa shape index (κ3) is 1.99. The average Bonchev–Trinajstić information content (AvgIpc) is 2.74. The molecule has 5 nitrogen and oxygen atoms in total. The Morgan fingerprint density at radius 3 is 2.45 bits per heavy atom. The Bertz CT molecular complexity index is 670. The molecule has 1 atom stereocenters. The molecule has 0 bridgehead atoms. The number of nitrogens with one attached hydrogen (secondary N) is 1. The van der Waals surface area contributed by atoms with Crippen molar-refractivity contribution in [2.75, 3.05) is 4.90 Å². The van der Waals surface area contributed by atoms with Crippen molar-refractivity contribution in [2.24, 2.45) is 0 Å². The lowest BCUT2D eigenvalue weighted by molar-refractivity contribution is -0.119. The van der Waals surface area contributed by atoms with E-state index in [2.05, 4.69) is 5.32 Å². The number of nitrogens with zero attached hydrogens (tertiary/aromatic N) is 1. The van der Waals surface area contributed by atoms with Crippen molar-refractivity contribution in [2.45, 2.75) is 6.04 Å². The summed E-state index contributed by atoms with van der Waals surface area (Å²) in [6, 6.07) is 14.1. The van der Waals surface area contributed by atoms with Crippen LogP contribution in [0.15, 0.2) is 54.6 Å². The molecular formula is C15H12N2O3. The molecule has 20 heavy (non-hydrogen) atoms. The molecule has 0 aromatic heterocycles. The molecule has 1 aliphatic rings. The van der Waals surface area contributed by atoms with Gasteiger partial charge in [0.2, 0.25) is 0 Å². The predicted molar refractivity (Wildman–Crippen MR) is 73.3 cm³/mol. The van der Waals surface area contributed by atoms with Crippen molar-refractivity contribution in [3.8, 4) is 5.75 Å². The fraction of sp³-hybridized carbons (Fsp3) is 0.0667. The Balaban J connectivity index is 2.07. The van der Waals surface area contributed by atoms with Crippen LogP contribution < -0.4 is 10.2 Å². The summed E-state index contributed by atoms with van der Waals surface area (Å²) in [5.74, 6) is -0.328. The number of carbonyl (C=O) groups is 2. The maximum atomic E-state index is 12.0. The molecule has 0 saturated carbocycles. The van der Waals surface area contributed by atoms with Gasteiger partial charge in [-0.15, -0.1) is 0 Å². The van der Waals surface area contributed by atoms with Crippen molar-refractivity contribution in [3.05, 3.63) is 60.2 Å². The van der Waals surface area contributed by atoms with Gasteiger partial charge in [-0.3, -0.25) is 15.0 Å². The number of benzene rings is 2. The smallest absolute Gasteiger partial charge is 0.329 e. The van der Waals surface area contributed by atoms with Crippen LogP contribution in [0.3, 0.4) is 0 Å². The van der Waals surface area contributed by atoms with Gasteiger partial charge in [0.05, 0.1) is 5.69 Å². The van der Waals surface area contributed by atoms with E-state index in [1.165, 1.54) is 17.0 Å². The number of hydrogen-bond acceptors (Lipinski definition) is 3. The third-order valence-corrected chi connectivity index (χ3v) is 3.18. The summed E-state index contributed by atoms with van der Waals surface area (Å²) in [6.45, 7) is 0. The average molecular weight is 268 g/mol. The van der Waals surface area contributed by atoms with Gasteiger partial charge in [-0.05, 0) is 17.7 Å². The fourth-order valence-corrected chi connectivity index (χ4v) is 2.31. The van der Waals surface area contributed by atoms with Crippen molar-refractivity contribution in [1.29, 1.82) is 0 Å². The first-order chi connectivity index (χ1) is 9.66. The third-order valence-electron chi connectivity index (χ3n) is 3.18. The zero-order chi connectivity index (χ0) is 14.1. The van der Waals surface area contributed by atoms with Crippen LogP contribution in [-0.2, 0) is 4.79 Å². The minimum atomic E-state index is -0.717. The van der Waals surface area contributed by atoms with Gasteiger partial charge in [-0.25, -0.2) is 4.79 Å². The van der Waals surface area contributed by atoms with E-state index < -0.39 is 12.1 Å². The topological polar surface area (TPSA) is 69.6 Å². The lowest BCUT2D eigenvalue weighted by atomic mass is 10.1. The normalized spacial score (nSPS) is 18.2. The van der Waals surface area contributed by atoms with E-state index in [-0.39, 0.29) is 11.7 Å². The number of aromatic hydroxyl groups is 1. The summed E-state index contributed by atoms with van der Waals surface area (Å²) in [7, 11) is 0. The van der Waals surface area contributed by atoms with Crippen molar-refractivity contribution in [1.82, 2.24) is 5.32 Å².